The normalized spacial score (nSPS) is 22.9. The molecule has 1 aromatic carbocycles. The number of hydrogen-bond donors (Lipinski definition) is 1. The second kappa shape index (κ2) is 4.59. The molecule has 0 radical (unpaired) electrons. The minimum atomic E-state index is 0.329. The molecular weight excluding hydrogens is 208 g/mol. The Labute approximate surface area is 105 Å². The first-order chi connectivity index (χ1) is 8.14. The number of nitrogens with zero attached hydrogens (tertiary/aromatic N) is 1. The predicted molar refractivity (Wildman–Crippen MR) is 75.6 cm³/mol. The largest absolute Gasteiger partial charge is 0.397 e. The highest BCUT2D eigenvalue weighted by molar-refractivity contribution is 5.76. The van der Waals surface area contributed by atoms with E-state index in [0.717, 1.165) is 12.2 Å². The van der Waals surface area contributed by atoms with Crippen LogP contribution in [0, 0.1) is 0 Å². The maximum Gasteiger partial charge on any atom is 0.0636 e. The van der Waals surface area contributed by atoms with Crippen LogP contribution in [0.5, 0.6) is 0 Å². The van der Waals surface area contributed by atoms with Gasteiger partial charge in [0.1, 0.15) is 0 Å². The zero-order valence-electron chi connectivity index (χ0n) is 11.3. The average Bonchev–Trinajstić information content (AvgIpc) is 2.62. The molecule has 1 aromatic rings. The maximum absolute atomic E-state index is 6.13. The van der Waals surface area contributed by atoms with Gasteiger partial charge in [-0.25, -0.2) is 0 Å². The number of hydrogen-bond acceptors (Lipinski definition) is 2. The summed E-state index contributed by atoms with van der Waals surface area (Å²) in [5.41, 5.74) is 10.1. The number of rotatable bonds is 4. The van der Waals surface area contributed by atoms with Gasteiger partial charge < -0.3 is 10.6 Å². The van der Waals surface area contributed by atoms with Crippen LogP contribution in [0.25, 0.3) is 0 Å². The van der Waals surface area contributed by atoms with Gasteiger partial charge in [-0.1, -0.05) is 38.8 Å². The molecule has 1 unspecified atom stereocenters. The molecule has 0 spiro atoms. The number of para-hydroxylation sites is 1. The fourth-order valence-electron chi connectivity index (χ4n) is 3.24. The zero-order chi connectivity index (χ0) is 12.5. The van der Waals surface area contributed by atoms with Crippen LogP contribution in [0.2, 0.25) is 0 Å². The number of anilines is 2. The van der Waals surface area contributed by atoms with E-state index in [9.17, 15) is 0 Å². The van der Waals surface area contributed by atoms with E-state index in [1.165, 1.54) is 36.9 Å². The summed E-state index contributed by atoms with van der Waals surface area (Å²) in [6.07, 6.45) is 5.05. The number of nitrogen functional groups attached to an aromatic ring is 1. The van der Waals surface area contributed by atoms with Crippen LogP contribution in [-0.2, 0) is 5.41 Å². The van der Waals surface area contributed by atoms with Crippen LogP contribution < -0.4 is 10.6 Å². The van der Waals surface area contributed by atoms with E-state index in [0.29, 0.717) is 5.41 Å². The van der Waals surface area contributed by atoms with Crippen LogP contribution in [0.1, 0.15) is 45.1 Å². The van der Waals surface area contributed by atoms with E-state index in [1.807, 2.05) is 6.07 Å². The number of fused-ring (bicyclic) bond motifs is 1. The van der Waals surface area contributed by atoms with E-state index < -0.39 is 0 Å². The molecule has 0 bridgehead atoms. The standard InChI is InChI=1S/C15H24N2/c1-4-6-10-15(5-2)11-17(3)14-12(15)8-7-9-13(14)16/h7-9H,4-6,10-11,16H2,1-3H3. The third-order valence-corrected chi connectivity index (χ3v) is 4.25. The smallest absolute Gasteiger partial charge is 0.0636 e. The molecule has 0 saturated carbocycles. The fraction of sp³-hybridized carbons (Fsp3) is 0.600. The lowest BCUT2D eigenvalue weighted by Crippen LogP contribution is -2.31. The zero-order valence-corrected chi connectivity index (χ0v) is 11.3. The third-order valence-electron chi connectivity index (χ3n) is 4.25. The van der Waals surface area contributed by atoms with Gasteiger partial charge in [0.2, 0.25) is 0 Å². The molecule has 0 aliphatic carbocycles. The number of nitrogens with two attached hydrogens (primary N) is 1. The molecule has 1 atom stereocenters. The van der Waals surface area contributed by atoms with Crippen molar-refractivity contribution < 1.29 is 0 Å². The van der Waals surface area contributed by atoms with Crippen LogP contribution in [0.3, 0.4) is 0 Å². The molecule has 2 nitrogen and oxygen atoms in total. The molecule has 0 fully saturated rings. The van der Waals surface area contributed by atoms with Gasteiger partial charge in [0.05, 0.1) is 11.4 Å². The summed E-state index contributed by atoms with van der Waals surface area (Å²) in [7, 11) is 2.17. The fourth-order valence-corrected chi connectivity index (χ4v) is 3.24. The van der Waals surface area contributed by atoms with Crippen molar-refractivity contribution >= 4 is 11.4 Å². The Morgan fingerprint density at radius 3 is 2.76 bits per heavy atom. The Balaban J connectivity index is 2.43. The molecule has 94 valence electrons. The SMILES string of the molecule is CCCCC1(CC)CN(C)c2c(N)cccc21. The second-order valence-corrected chi connectivity index (χ2v) is 5.34. The van der Waals surface area contributed by atoms with Crippen molar-refractivity contribution in [1.29, 1.82) is 0 Å². The highest BCUT2D eigenvalue weighted by Crippen LogP contribution is 2.47. The Kier molecular flexibility index (Phi) is 3.32. The van der Waals surface area contributed by atoms with Gasteiger partial charge in [-0.2, -0.15) is 0 Å². The average molecular weight is 232 g/mol. The van der Waals surface area contributed by atoms with Gasteiger partial charge >= 0.3 is 0 Å². The molecular formula is C15H24N2. The van der Waals surface area contributed by atoms with E-state index in [1.54, 1.807) is 0 Å². The summed E-state index contributed by atoms with van der Waals surface area (Å²) in [6.45, 7) is 5.69. The van der Waals surface area contributed by atoms with Gasteiger partial charge in [-0.15, -0.1) is 0 Å². The summed E-state index contributed by atoms with van der Waals surface area (Å²) in [5.74, 6) is 0. The molecule has 0 aromatic heterocycles. The first kappa shape index (κ1) is 12.3. The quantitative estimate of drug-likeness (QED) is 0.804. The number of benzene rings is 1. The third kappa shape index (κ3) is 1.90. The van der Waals surface area contributed by atoms with Crippen molar-refractivity contribution in [2.75, 3.05) is 24.2 Å². The lowest BCUT2D eigenvalue weighted by atomic mass is 9.76. The lowest BCUT2D eigenvalue weighted by Gasteiger charge is -2.28. The Hall–Kier alpha value is -1.18. The van der Waals surface area contributed by atoms with Gasteiger partial charge in [0, 0.05) is 19.0 Å². The molecule has 0 amide bonds. The van der Waals surface area contributed by atoms with Crippen LogP contribution >= 0.6 is 0 Å². The molecule has 1 aliphatic heterocycles. The van der Waals surface area contributed by atoms with E-state index in [2.05, 4.69) is 37.9 Å². The highest BCUT2D eigenvalue weighted by atomic mass is 15.1. The summed E-state index contributed by atoms with van der Waals surface area (Å²) >= 11 is 0. The topological polar surface area (TPSA) is 29.3 Å². The summed E-state index contributed by atoms with van der Waals surface area (Å²) in [5, 5.41) is 0. The van der Waals surface area contributed by atoms with Crippen molar-refractivity contribution in [3.8, 4) is 0 Å². The maximum atomic E-state index is 6.13. The molecule has 0 saturated heterocycles. The minimum Gasteiger partial charge on any atom is -0.397 e. The first-order valence-electron chi connectivity index (χ1n) is 6.74. The van der Waals surface area contributed by atoms with Gasteiger partial charge in [0.15, 0.2) is 0 Å². The minimum absolute atomic E-state index is 0.329. The van der Waals surface area contributed by atoms with Gasteiger partial charge in [0.25, 0.3) is 0 Å². The summed E-state index contributed by atoms with van der Waals surface area (Å²) in [6, 6.07) is 6.39. The molecule has 17 heavy (non-hydrogen) atoms. The molecule has 1 heterocycles. The predicted octanol–water partition coefficient (Wildman–Crippen LogP) is 3.56. The molecule has 2 N–H and O–H groups in total. The Bertz CT molecular complexity index is 400. The number of unbranched alkanes of at least 4 members (excludes halogenated alkanes) is 1. The van der Waals surface area contributed by atoms with Gasteiger partial charge in [-0.3, -0.25) is 0 Å². The van der Waals surface area contributed by atoms with Crippen molar-refractivity contribution in [3.63, 3.8) is 0 Å². The van der Waals surface area contributed by atoms with Crippen molar-refractivity contribution in [2.45, 2.75) is 44.9 Å². The lowest BCUT2D eigenvalue weighted by molar-refractivity contribution is 0.392. The Morgan fingerprint density at radius 1 is 1.35 bits per heavy atom. The molecule has 2 rings (SSSR count). The van der Waals surface area contributed by atoms with Crippen molar-refractivity contribution in [1.82, 2.24) is 0 Å². The van der Waals surface area contributed by atoms with Crippen molar-refractivity contribution in [2.24, 2.45) is 0 Å². The van der Waals surface area contributed by atoms with Crippen LogP contribution in [-0.4, -0.2) is 13.6 Å². The first-order valence-corrected chi connectivity index (χ1v) is 6.74. The Morgan fingerprint density at radius 2 is 2.12 bits per heavy atom. The van der Waals surface area contributed by atoms with E-state index in [4.69, 9.17) is 5.73 Å². The highest BCUT2D eigenvalue weighted by Gasteiger charge is 2.40. The van der Waals surface area contributed by atoms with Gasteiger partial charge in [-0.05, 0) is 24.5 Å². The molecule has 1 aliphatic rings. The van der Waals surface area contributed by atoms with Crippen LogP contribution in [0.15, 0.2) is 18.2 Å². The van der Waals surface area contributed by atoms with E-state index in [-0.39, 0.29) is 0 Å². The van der Waals surface area contributed by atoms with E-state index >= 15 is 0 Å². The summed E-state index contributed by atoms with van der Waals surface area (Å²) < 4.78 is 0. The second-order valence-electron chi connectivity index (χ2n) is 5.34. The molecule has 2 heteroatoms. The van der Waals surface area contributed by atoms with Crippen LogP contribution in [0.4, 0.5) is 11.4 Å². The monoisotopic (exact) mass is 232 g/mol. The number of likely N-dealkylation sites (N-methyl/N-ethyl adjacent to an activating group) is 1. The van der Waals surface area contributed by atoms with Crippen molar-refractivity contribution in [3.05, 3.63) is 23.8 Å². The summed E-state index contributed by atoms with van der Waals surface area (Å²) in [4.78, 5) is 2.34.